The number of carbonyl (C=O) groups excluding carboxylic acids is 2. The average Bonchev–Trinajstić information content (AvgIpc) is 3.42. The van der Waals surface area contributed by atoms with Crippen LogP contribution in [-0.2, 0) is 28.9 Å². The van der Waals surface area contributed by atoms with Crippen molar-refractivity contribution < 1.29 is 19.1 Å². The van der Waals surface area contributed by atoms with E-state index in [1.54, 1.807) is 17.3 Å². The van der Waals surface area contributed by atoms with Crippen LogP contribution >= 0.6 is 0 Å². The molecule has 0 atom stereocenters. The van der Waals surface area contributed by atoms with Crippen LogP contribution < -0.4 is 4.74 Å². The van der Waals surface area contributed by atoms with E-state index in [4.69, 9.17) is 9.47 Å². The van der Waals surface area contributed by atoms with E-state index in [0.717, 1.165) is 60.1 Å². The van der Waals surface area contributed by atoms with Gasteiger partial charge in [0.05, 0.1) is 18.4 Å². The lowest BCUT2D eigenvalue weighted by molar-refractivity contribution is -0.119. The summed E-state index contributed by atoms with van der Waals surface area (Å²) in [5.41, 5.74) is 5.04. The summed E-state index contributed by atoms with van der Waals surface area (Å²) in [4.78, 5) is 41.8. The molecule has 0 aliphatic carbocycles. The Kier molecular flexibility index (Phi) is 8.17. The van der Waals surface area contributed by atoms with Crippen molar-refractivity contribution in [1.29, 1.82) is 0 Å². The number of ether oxygens (including phenoxy) is 2. The lowest BCUT2D eigenvalue weighted by Crippen LogP contribution is -2.39. The summed E-state index contributed by atoms with van der Waals surface area (Å²) in [5, 5.41) is 0.854. The monoisotopic (exact) mass is 581 g/mol. The van der Waals surface area contributed by atoms with E-state index in [9.17, 15) is 9.59 Å². The Bertz CT molecular complexity index is 1630. The Morgan fingerprint density at radius 2 is 1.77 bits per heavy atom. The number of H-pyrrole nitrogens is 1. The molecule has 1 saturated heterocycles. The largest absolute Gasteiger partial charge is 0.457 e. The van der Waals surface area contributed by atoms with Crippen molar-refractivity contribution in [3.63, 3.8) is 0 Å². The zero-order chi connectivity index (χ0) is 30.0. The second-order valence-corrected chi connectivity index (χ2v) is 12.5. The number of aromatic amines is 1. The van der Waals surface area contributed by atoms with Gasteiger partial charge < -0.3 is 19.4 Å². The maximum absolute atomic E-state index is 12.8. The third-order valence-electron chi connectivity index (χ3n) is 7.96. The molecule has 6 rings (SSSR count). The van der Waals surface area contributed by atoms with Gasteiger partial charge in [0.15, 0.2) is 5.78 Å². The first-order valence-electron chi connectivity index (χ1n) is 15.1. The fraction of sp³-hybridized carbons (Fsp3) is 0.412. The highest BCUT2D eigenvalue weighted by Crippen LogP contribution is 2.37. The fourth-order valence-electron chi connectivity index (χ4n) is 5.91. The zero-order valence-electron chi connectivity index (χ0n) is 25.2. The second kappa shape index (κ2) is 12.2. The molecule has 43 heavy (non-hydrogen) atoms. The van der Waals surface area contributed by atoms with E-state index in [0.29, 0.717) is 43.2 Å². The Morgan fingerprint density at radius 1 is 0.953 bits per heavy atom. The van der Waals surface area contributed by atoms with Crippen molar-refractivity contribution in [2.75, 3.05) is 26.2 Å². The number of carbonyl (C=O) groups is 2. The molecule has 2 aliphatic heterocycles. The zero-order valence-corrected chi connectivity index (χ0v) is 25.2. The summed E-state index contributed by atoms with van der Waals surface area (Å²) in [5.74, 6) is 1.54. The summed E-state index contributed by atoms with van der Waals surface area (Å²) in [7, 11) is 0. The van der Waals surface area contributed by atoms with Crippen LogP contribution in [0.5, 0.6) is 11.5 Å². The van der Waals surface area contributed by atoms with Crippen LogP contribution in [0.25, 0.3) is 22.2 Å². The molecule has 0 spiro atoms. The maximum Gasteiger partial charge on any atom is 0.410 e. The Balaban J connectivity index is 1.21. The van der Waals surface area contributed by atoms with E-state index in [1.807, 2.05) is 57.3 Å². The minimum atomic E-state index is -0.540. The van der Waals surface area contributed by atoms with E-state index >= 15 is 0 Å². The molecular weight excluding hydrogens is 542 g/mol. The van der Waals surface area contributed by atoms with Gasteiger partial charge in [-0.1, -0.05) is 12.5 Å². The Labute approximate surface area is 252 Å². The number of ketones is 1. The first-order chi connectivity index (χ1) is 20.7. The highest BCUT2D eigenvalue weighted by molar-refractivity contribution is 5.98. The quantitative estimate of drug-likeness (QED) is 0.273. The average molecular weight is 582 g/mol. The molecular formula is C34H39N5O4. The summed E-state index contributed by atoms with van der Waals surface area (Å²) in [6.45, 7) is 9.20. The van der Waals surface area contributed by atoms with Crippen LogP contribution in [0.1, 0.15) is 56.9 Å². The lowest BCUT2D eigenvalue weighted by atomic mass is 10.00. The van der Waals surface area contributed by atoms with Crippen LogP contribution in [0.2, 0.25) is 0 Å². The molecule has 0 radical (unpaired) electrons. The number of rotatable bonds is 7. The predicted octanol–water partition coefficient (Wildman–Crippen LogP) is 6.31. The molecule has 9 nitrogen and oxygen atoms in total. The Morgan fingerprint density at radius 3 is 2.58 bits per heavy atom. The number of nitrogens with one attached hydrogen (secondary N) is 1. The van der Waals surface area contributed by atoms with Crippen molar-refractivity contribution in [3.8, 4) is 22.6 Å². The molecule has 1 fully saturated rings. The molecule has 0 bridgehead atoms. The number of nitrogens with zero attached hydrogens (tertiary/aromatic N) is 4. The van der Waals surface area contributed by atoms with Gasteiger partial charge in [-0.15, -0.1) is 0 Å². The van der Waals surface area contributed by atoms with Gasteiger partial charge in [0.1, 0.15) is 22.7 Å². The van der Waals surface area contributed by atoms with E-state index in [1.165, 1.54) is 12.0 Å². The number of piperidine rings is 1. The van der Waals surface area contributed by atoms with Gasteiger partial charge >= 0.3 is 6.09 Å². The molecule has 2 aliphatic rings. The van der Waals surface area contributed by atoms with Crippen LogP contribution in [0.4, 0.5) is 4.79 Å². The molecule has 5 heterocycles. The van der Waals surface area contributed by atoms with Crippen molar-refractivity contribution in [2.24, 2.45) is 0 Å². The van der Waals surface area contributed by atoms with Gasteiger partial charge in [-0.05, 0) is 100 Å². The van der Waals surface area contributed by atoms with Crippen LogP contribution in [0, 0.1) is 0 Å². The van der Waals surface area contributed by atoms with Gasteiger partial charge in [0.2, 0.25) is 0 Å². The molecule has 0 saturated carbocycles. The minimum absolute atomic E-state index is 0.189. The Hall–Kier alpha value is -4.24. The number of benzene rings is 1. The fourth-order valence-corrected chi connectivity index (χ4v) is 5.91. The smallest absolute Gasteiger partial charge is 0.410 e. The lowest BCUT2D eigenvalue weighted by Gasteiger charge is -2.31. The number of fused-ring (bicyclic) bond motifs is 2. The number of likely N-dealkylation sites (tertiary alicyclic amines) is 1. The van der Waals surface area contributed by atoms with Gasteiger partial charge in [-0.25, -0.2) is 9.78 Å². The molecule has 4 aromatic rings. The molecule has 0 unspecified atom stereocenters. The van der Waals surface area contributed by atoms with Crippen LogP contribution in [0.3, 0.4) is 0 Å². The molecule has 1 N–H and O–H groups in total. The number of pyridine rings is 2. The molecule has 1 amide bonds. The van der Waals surface area contributed by atoms with Crippen molar-refractivity contribution in [3.05, 3.63) is 71.8 Å². The number of amides is 1. The minimum Gasteiger partial charge on any atom is -0.457 e. The van der Waals surface area contributed by atoms with Crippen molar-refractivity contribution in [1.82, 2.24) is 24.8 Å². The summed E-state index contributed by atoms with van der Waals surface area (Å²) < 4.78 is 12.1. The first-order valence-corrected chi connectivity index (χ1v) is 15.1. The first kappa shape index (κ1) is 28.9. The molecule has 9 heteroatoms. The summed E-state index contributed by atoms with van der Waals surface area (Å²) >= 11 is 0. The predicted molar refractivity (Wildman–Crippen MR) is 165 cm³/mol. The van der Waals surface area contributed by atoms with Crippen LogP contribution in [-0.4, -0.2) is 68.4 Å². The highest BCUT2D eigenvalue weighted by atomic mass is 16.6. The second-order valence-electron chi connectivity index (χ2n) is 12.5. The van der Waals surface area contributed by atoms with Gasteiger partial charge in [-0.3, -0.25) is 14.7 Å². The van der Waals surface area contributed by atoms with E-state index in [-0.39, 0.29) is 11.9 Å². The standard InChI is InChI=1S/C34H39N5O4/c1-34(2,3)43-33(41)39-16-11-23-7-8-28(18-25(23)21-39)42-30-10-13-36-32-31(30)29(20-37-32)24-9-12-35-26(17-24)19-27(40)22-38-14-5-4-6-15-38/h7-10,12-13,17-18,20H,4-6,11,14-16,19,21-22H2,1-3H3,(H,36,37). The third-order valence-corrected chi connectivity index (χ3v) is 7.96. The normalized spacial score (nSPS) is 15.7. The van der Waals surface area contributed by atoms with Crippen molar-refractivity contribution in [2.45, 2.75) is 65.0 Å². The van der Waals surface area contributed by atoms with E-state index in [2.05, 4.69) is 25.9 Å². The van der Waals surface area contributed by atoms with Crippen molar-refractivity contribution >= 4 is 22.9 Å². The van der Waals surface area contributed by atoms with Crippen LogP contribution in [0.15, 0.2) is 55.0 Å². The SMILES string of the molecule is CC(C)(C)OC(=O)N1CCc2ccc(Oc3ccnc4[nH]cc(-c5ccnc(CC(=O)CN6CCCCC6)c5)c34)cc2C1. The number of hydrogen-bond donors (Lipinski definition) is 1. The molecule has 1 aromatic carbocycles. The summed E-state index contributed by atoms with van der Waals surface area (Å²) in [6.07, 6.45) is 9.74. The number of hydrogen-bond acceptors (Lipinski definition) is 7. The van der Waals surface area contributed by atoms with Gasteiger partial charge in [0.25, 0.3) is 0 Å². The number of Topliss-reactive ketones (excluding diaryl/α,β-unsaturated/α-hetero) is 1. The molecule has 224 valence electrons. The topological polar surface area (TPSA) is 101 Å². The maximum atomic E-state index is 12.8. The number of aromatic nitrogens is 3. The van der Waals surface area contributed by atoms with E-state index < -0.39 is 5.60 Å². The third kappa shape index (κ3) is 6.88. The van der Waals surface area contributed by atoms with Gasteiger partial charge in [0, 0.05) is 42.9 Å². The van der Waals surface area contributed by atoms with Gasteiger partial charge in [-0.2, -0.15) is 0 Å². The highest BCUT2D eigenvalue weighted by Gasteiger charge is 2.26. The molecule has 3 aromatic heterocycles. The summed E-state index contributed by atoms with van der Waals surface area (Å²) in [6, 6.07) is 11.8.